The van der Waals surface area contributed by atoms with E-state index in [1.807, 2.05) is 42.5 Å². The van der Waals surface area contributed by atoms with Gasteiger partial charge in [-0.1, -0.05) is 81.4 Å². The number of halogens is 1. The molecule has 1 heterocycles. The highest BCUT2D eigenvalue weighted by Gasteiger charge is 2.20. The quantitative estimate of drug-likeness (QED) is 0.214. The molecule has 0 radical (unpaired) electrons. The second kappa shape index (κ2) is 11.2. The fourth-order valence-corrected chi connectivity index (χ4v) is 5.76. The van der Waals surface area contributed by atoms with E-state index in [1.165, 1.54) is 6.07 Å². The topological polar surface area (TPSA) is 80.2 Å². The number of nitrogens with one attached hydrogen (secondary N) is 2. The zero-order valence-electron chi connectivity index (χ0n) is 23.2. The summed E-state index contributed by atoms with van der Waals surface area (Å²) < 4.78 is 45.3. The molecule has 2 N–H and O–H groups in total. The van der Waals surface area contributed by atoms with Crippen LogP contribution in [-0.4, -0.2) is 18.9 Å². The minimum Gasteiger partial charge on any atom is -0.347 e. The molecule has 5 aromatic rings. The summed E-state index contributed by atoms with van der Waals surface area (Å²) in [5.74, 6) is -0.686. The maximum Gasteiger partial charge on any atom is 0.268 e. The van der Waals surface area contributed by atoms with Gasteiger partial charge >= 0.3 is 0 Å². The molecule has 1 aromatic heterocycles. The Balaban J connectivity index is 1.47. The van der Waals surface area contributed by atoms with Crippen LogP contribution in [0.5, 0.6) is 0 Å². The molecule has 0 saturated carbocycles. The minimum atomic E-state index is -3.84. The number of hydrogen-bond donors (Lipinski definition) is 2. The molecule has 5 rings (SSSR count). The Morgan fingerprint density at radius 3 is 2.22 bits per heavy atom. The van der Waals surface area contributed by atoms with E-state index in [9.17, 15) is 17.6 Å². The highest BCUT2D eigenvalue weighted by Crippen LogP contribution is 2.28. The summed E-state index contributed by atoms with van der Waals surface area (Å²) >= 11 is 0. The lowest BCUT2D eigenvalue weighted by molar-refractivity contribution is 0.0942. The molecule has 8 heteroatoms. The second-order valence-corrected chi connectivity index (χ2v) is 12.7. The van der Waals surface area contributed by atoms with Crippen LogP contribution in [-0.2, 0) is 28.5 Å². The SMILES string of the molecule is CC(C)(C)c1ccc(S(=O)(=O)Nc2ccc3c(c2)cc(C(=O)NCc2ccccc2)n3Cc2ccccc2F)cc1. The van der Waals surface area contributed by atoms with Gasteiger partial charge < -0.3 is 9.88 Å². The van der Waals surface area contributed by atoms with Gasteiger partial charge in [0, 0.05) is 28.7 Å². The van der Waals surface area contributed by atoms with Gasteiger partial charge in [0.15, 0.2) is 0 Å². The predicted molar refractivity (Wildman–Crippen MR) is 161 cm³/mol. The summed E-state index contributed by atoms with van der Waals surface area (Å²) in [6.07, 6.45) is 0. The number of fused-ring (bicyclic) bond motifs is 1. The second-order valence-electron chi connectivity index (χ2n) is 11.0. The fraction of sp³-hybridized carbons (Fsp3) is 0.182. The Hall–Kier alpha value is -4.43. The highest BCUT2D eigenvalue weighted by molar-refractivity contribution is 7.92. The normalized spacial score (nSPS) is 11.9. The van der Waals surface area contributed by atoms with E-state index < -0.39 is 10.0 Å². The van der Waals surface area contributed by atoms with Gasteiger partial charge in [0.2, 0.25) is 0 Å². The van der Waals surface area contributed by atoms with Crippen molar-refractivity contribution in [2.45, 2.75) is 44.2 Å². The zero-order valence-corrected chi connectivity index (χ0v) is 24.0. The number of hydrogen-bond acceptors (Lipinski definition) is 3. The van der Waals surface area contributed by atoms with Crippen molar-refractivity contribution in [3.8, 4) is 0 Å². The van der Waals surface area contributed by atoms with Crippen LogP contribution in [0.4, 0.5) is 10.1 Å². The molecule has 4 aromatic carbocycles. The third-order valence-electron chi connectivity index (χ3n) is 7.00. The van der Waals surface area contributed by atoms with E-state index in [1.54, 1.807) is 59.2 Å². The van der Waals surface area contributed by atoms with E-state index in [-0.39, 0.29) is 28.6 Å². The summed E-state index contributed by atoms with van der Waals surface area (Å²) in [6.45, 7) is 6.67. The van der Waals surface area contributed by atoms with Crippen LogP contribution in [0.15, 0.2) is 108 Å². The van der Waals surface area contributed by atoms with Gasteiger partial charge in [0.25, 0.3) is 15.9 Å². The first kappa shape index (κ1) is 28.1. The molecule has 0 unspecified atom stereocenters. The maximum atomic E-state index is 14.6. The summed E-state index contributed by atoms with van der Waals surface area (Å²) in [5, 5.41) is 3.59. The lowest BCUT2D eigenvalue weighted by atomic mass is 9.87. The molecule has 6 nitrogen and oxygen atoms in total. The molecule has 0 saturated heterocycles. The Bertz CT molecular complexity index is 1810. The lowest BCUT2D eigenvalue weighted by Crippen LogP contribution is -2.25. The van der Waals surface area contributed by atoms with Crippen LogP contribution in [0.1, 0.15) is 48.0 Å². The fourth-order valence-electron chi connectivity index (χ4n) is 4.71. The van der Waals surface area contributed by atoms with Gasteiger partial charge in [-0.05, 0) is 59.0 Å². The number of benzene rings is 4. The number of carbonyl (C=O) groups is 1. The number of anilines is 1. The van der Waals surface area contributed by atoms with Crippen molar-refractivity contribution in [3.63, 3.8) is 0 Å². The molecule has 0 spiro atoms. The van der Waals surface area contributed by atoms with Crippen LogP contribution in [0, 0.1) is 5.82 Å². The van der Waals surface area contributed by atoms with E-state index >= 15 is 0 Å². The largest absolute Gasteiger partial charge is 0.347 e. The highest BCUT2D eigenvalue weighted by atomic mass is 32.2. The smallest absolute Gasteiger partial charge is 0.268 e. The van der Waals surface area contributed by atoms with Crippen LogP contribution >= 0.6 is 0 Å². The van der Waals surface area contributed by atoms with Crippen LogP contribution in [0.25, 0.3) is 10.9 Å². The molecule has 0 aliphatic rings. The van der Waals surface area contributed by atoms with Gasteiger partial charge in [0.05, 0.1) is 11.4 Å². The van der Waals surface area contributed by atoms with Gasteiger partial charge in [-0.15, -0.1) is 0 Å². The Morgan fingerprint density at radius 1 is 0.854 bits per heavy atom. The predicted octanol–water partition coefficient (Wildman–Crippen LogP) is 6.86. The van der Waals surface area contributed by atoms with Crippen molar-refractivity contribution in [1.82, 2.24) is 9.88 Å². The number of amides is 1. The average molecular weight is 570 g/mol. The zero-order chi connectivity index (χ0) is 29.2. The Kier molecular flexibility index (Phi) is 7.69. The summed E-state index contributed by atoms with van der Waals surface area (Å²) in [5.41, 5.74) is 3.70. The minimum absolute atomic E-state index is 0.0956. The molecule has 41 heavy (non-hydrogen) atoms. The van der Waals surface area contributed by atoms with Crippen LogP contribution < -0.4 is 10.0 Å². The van der Waals surface area contributed by atoms with Gasteiger partial charge in [-0.2, -0.15) is 0 Å². The van der Waals surface area contributed by atoms with E-state index in [0.29, 0.717) is 34.4 Å². The molecule has 0 atom stereocenters. The third-order valence-corrected chi connectivity index (χ3v) is 8.40. The van der Waals surface area contributed by atoms with E-state index in [2.05, 4.69) is 30.8 Å². The monoisotopic (exact) mass is 569 g/mol. The number of carbonyl (C=O) groups excluding carboxylic acids is 1. The standard InChI is InChI=1S/C33H32FN3O3S/c1-33(2,3)26-13-16-28(17-14-26)41(39,40)36-27-15-18-30-25(19-27)20-31(32(38)35-21-23-9-5-4-6-10-23)37(30)22-24-11-7-8-12-29(24)34/h4-20,36H,21-22H2,1-3H3,(H,35,38). The Morgan fingerprint density at radius 2 is 1.54 bits per heavy atom. The number of rotatable bonds is 8. The first-order valence-electron chi connectivity index (χ1n) is 13.3. The summed E-state index contributed by atoms with van der Waals surface area (Å²) in [6, 6.07) is 29.6. The number of sulfonamides is 1. The van der Waals surface area contributed by atoms with E-state index in [0.717, 1.165) is 11.1 Å². The molecular formula is C33H32FN3O3S. The van der Waals surface area contributed by atoms with Crippen molar-refractivity contribution >= 4 is 32.5 Å². The molecule has 0 bridgehead atoms. The van der Waals surface area contributed by atoms with Gasteiger partial charge in [-0.25, -0.2) is 12.8 Å². The number of aromatic nitrogens is 1. The molecular weight excluding hydrogens is 537 g/mol. The van der Waals surface area contributed by atoms with Crippen LogP contribution in [0.3, 0.4) is 0 Å². The molecule has 1 amide bonds. The summed E-state index contributed by atoms with van der Waals surface area (Å²) in [7, 11) is -3.84. The summed E-state index contributed by atoms with van der Waals surface area (Å²) in [4.78, 5) is 13.5. The van der Waals surface area contributed by atoms with Crippen molar-refractivity contribution < 1.29 is 17.6 Å². The van der Waals surface area contributed by atoms with Gasteiger partial charge in [0.1, 0.15) is 11.5 Å². The third kappa shape index (κ3) is 6.33. The Labute approximate surface area is 239 Å². The van der Waals surface area contributed by atoms with Crippen molar-refractivity contribution in [1.29, 1.82) is 0 Å². The molecule has 0 aliphatic carbocycles. The average Bonchev–Trinajstić information content (AvgIpc) is 3.30. The van der Waals surface area contributed by atoms with Crippen molar-refractivity contribution in [2.24, 2.45) is 0 Å². The molecule has 0 fully saturated rings. The first-order valence-corrected chi connectivity index (χ1v) is 14.8. The molecule has 0 aliphatic heterocycles. The maximum absolute atomic E-state index is 14.6. The van der Waals surface area contributed by atoms with E-state index in [4.69, 9.17) is 0 Å². The van der Waals surface area contributed by atoms with Crippen molar-refractivity contribution in [2.75, 3.05) is 4.72 Å². The van der Waals surface area contributed by atoms with Crippen LogP contribution in [0.2, 0.25) is 0 Å². The van der Waals surface area contributed by atoms with Crippen molar-refractivity contribution in [3.05, 3.63) is 131 Å². The van der Waals surface area contributed by atoms with Gasteiger partial charge in [-0.3, -0.25) is 9.52 Å². The number of nitrogens with zero attached hydrogens (tertiary/aromatic N) is 1. The molecule has 210 valence electrons. The lowest BCUT2D eigenvalue weighted by Gasteiger charge is -2.19. The first-order chi connectivity index (χ1) is 19.5.